The molecule has 73 heavy (non-hydrogen) atoms. The fourth-order valence-corrected chi connectivity index (χ4v) is 8.35. The molecule has 0 saturated carbocycles. The molecule has 11 unspecified atom stereocenters. The summed E-state index contributed by atoms with van der Waals surface area (Å²) < 4.78 is 34.3. The Labute approximate surface area is 439 Å². The van der Waals surface area contributed by atoms with Crippen molar-refractivity contribution in [3.8, 4) is 0 Å². The predicted molar refractivity (Wildman–Crippen MR) is 288 cm³/mol. The monoisotopic (exact) mass is 1030 g/mol. The van der Waals surface area contributed by atoms with Crippen molar-refractivity contribution >= 4 is 5.97 Å². The summed E-state index contributed by atoms with van der Waals surface area (Å²) in [5, 5.41) is 72.3. The van der Waals surface area contributed by atoms with Crippen molar-refractivity contribution in [3.63, 3.8) is 0 Å². The third kappa shape index (κ3) is 32.4. The number of carbonyl (C=O) groups excluding carboxylic acids is 1. The lowest BCUT2D eigenvalue weighted by Crippen LogP contribution is -2.61. The molecule has 420 valence electrons. The van der Waals surface area contributed by atoms with Crippen molar-refractivity contribution in [3.05, 3.63) is 85.1 Å². The van der Waals surface area contributed by atoms with E-state index in [-0.39, 0.29) is 19.6 Å². The molecular weight excluding hydrogens is 933 g/mol. The number of esters is 1. The lowest BCUT2D eigenvalue weighted by Gasteiger charge is -2.42. The van der Waals surface area contributed by atoms with Gasteiger partial charge in [0.2, 0.25) is 0 Å². The van der Waals surface area contributed by atoms with Gasteiger partial charge in [-0.05, 0) is 83.5 Å². The van der Waals surface area contributed by atoms with Gasteiger partial charge in [-0.15, -0.1) is 0 Å². The van der Waals surface area contributed by atoms with Crippen LogP contribution in [0.25, 0.3) is 0 Å². The van der Waals surface area contributed by atoms with E-state index in [1.807, 2.05) is 0 Å². The van der Waals surface area contributed by atoms with E-state index in [0.717, 1.165) is 70.6 Å². The van der Waals surface area contributed by atoms with Crippen LogP contribution in [0.5, 0.6) is 0 Å². The molecule has 0 radical (unpaired) electrons. The standard InChI is InChI=1S/C59H100O14/c1-3-5-7-9-11-13-15-17-19-21-23-25-27-29-31-33-35-37-39-41-43-68-45-48(71-51(61)42-40-38-36-34-32-30-28-26-24-22-20-18-16-14-12-10-8-6-4-2)46-69-58-57(67)55(65)53(63)50(73-58)47-70-59-56(66)54(64)52(62)49(44-60)72-59/h5,7,11,13,17-20,23,25,29,31,35,37,48-50,52-60,62-67H,3-4,6,8-10,12,14-16,21-22,24,26-28,30,32-34,36,38-47H2,1-2H3/b7-5-,13-11-,19-17-,20-18-,25-23-,31-29-,37-35-. The highest BCUT2D eigenvalue weighted by atomic mass is 16.7. The van der Waals surface area contributed by atoms with Crippen molar-refractivity contribution in [2.45, 2.75) is 248 Å². The van der Waals surface area contributed by atoms with Crippen molar-refractivity contribution in [2.75, 3.05) is 33.0 Å². The Morgan fingerprint density at radius 3 is 1.41 bits per heavy atom. The highest BCUT2D eigenvalue weighted by Crippen LogP contribution is 2.26. The van der Waals surface area contributed by atoms with Crippen LogP contribution in [-0.4, -0.2) is 142 Å². The number of hydrogen-bond donors (Lipinski definition) is 7. The van der Waals surface area contributed by atoms with Crippen LogP contribution in [0.15, 0.2) is 85.1 Å². The molecule has 0 bridgehead atoms. The average Bonchev–Trinajstić information content (AvgIpc) is 3.39. The molecule has 14 heteroatoms. The molecular formula is C59H100O14. The first-order valence-corrected chi connectivity index (χ1v) is 28.2. The van der Waals surface area contributed by atoms with Crippen LogP contribution < -0.4 is 0 Å². The molecule has 0 aliphatic carbocycles. The number of carbonyl (C=O) groups is 1. The van der Waals surface area contributed by atoms with Crippen LogP contribution in [0, 0.1) is 0 Å². The van der Waals surface area contributed by atoms with Crippen LogP contribution in [0.1, 0.15) is 181 Å². The van der Waals surface area contributed by atoms with E-state index < -0.39 is 86.7 Å². The molecule has 0 aromatic carbocycles. The van der Waals surface area contributed by atoms with Gasteiger partial charge in [0.25, 0.3) is 0 Å². The zero-order valence-electron chi connectivity index (χ0n) is 44.8. The number of hydrogen-bond acceptors (Lipinski definition) is 14. The van der Waals surface area contributed by atoms with Gasteiger partial charge in [-0.25, -0.2) is 0 Å². The summed E-state index contributed by atoms with van der Waals surface area (Å²) >= 11 is 0. The van der Waals surface area contributed by atoms with Gasteiger partial charge in [0.1, 0.15) is 54.9 Å². The number of ether oxygens (including phenoxy) is 6. The highest BCUT2D eigenvalue weighted by Gasteiger charge is 2.47. The minimum atomic E-state index is -1.72. The maximum absolute atomic E-state index is 13.1. The molecule has 14 nitrogen and oxygen atoms in total. The Kier molecular flexibility index (Phi) is 41.2. The summed E-state index contributed by atoms with van der Waals surface area (Å²) in [6.07, 6.45) is 42.2. The third-order valence-corrected chi connectivity index (χ3v) is 12.9. The largest absolute Gasteiger partial charge is 0.457 e. The number of aliphatic hydroxyl groups is 7. The molecule has 0 aromatic heterocycles. The van der Waals surface area contributed by atoms with Gasteiger partial charge in [-0.1, -0.05) is 176 Å². The lowest BCUT2D eigenvalue weighted by atomic mass is 9.98. The Hall–Kier alpha value is -2.83. The zero-order valence-corrected chi connectivity index (χ0v) is 44.8. The molecule has 2 heterocycles. The van der Waals surface area contributed by atoms with E-state index in [1.54, 1.807) is 0 Å². The molecule has 0 spiro atoms. The molecule has 7 N–H and O–H groups in total. The van der Waals surface area contributed by atoms with Crippen molar-refractivity contribution in [1.82, 2.24) is 0 Å². The Morgan fingerprint density at radius 1 is 0.466 bits per heavy atom. The Balaban J connectivity index is 1.77. The molecule has 2 aliphatic rings. The van der Waals surface area contributed by atoms with Gasteiger partial charge < -0.3 is 64.2 Å². The highest BCUT2D eigenvalue weighted by molar-refractivity contribution is 5.69. The number of aliphatic hydroxyl groups excluding tert-OH is 7. The van der Waals surface area contributed by atoms with E-state index >= 15 is 0 Å². The first-order valence-electron chi connectivity index (χ1n) is 28.2. The second-order valence-electron chi connectivity index (χ2n) is 19.4. The summed E-state index contributed by atoms with van der Waals surface area (Å²) in [7, 11) is 0. The number of allylic oxidation sites excluding steroid dienone is 14. The lowest BCUT2D eigenvalue weighted by molar-refractivity contribution is -0.332. The second kappa shape index (κ2) is 45.4. The van der Waals surface area contributed by atoms with Gasteiger partial charge in [0.05, 0.1) is 26.4 Å². The average molecular weight is 1030 g/mol. The summed E-state index contributed by atoms with van der Waals surface area (Å²) in [5.41, 5.74) is 0. The van der Waals surface area contributed by atoms with Crippen LogP contribution in [0.3, 0.4) is 0 Å². The van der Waals surface area contributed by atoms with Crippen LogP contribution in [-0.2, 0) is 33.2 Å². The van der Waals surface area contributed by atoms with Crippen molar-refractivity contribution in [1.29, 1.82) is 0 Å². The first-order chi connectivity index (χ1) is 35.6. The molecule has 2 saturated heterocycles. The molecule has 2 rings (SSSR count). The molecule has 0 amide bonds. The van der Waals surface area contributed by atoms with Gasteiger partial charge in [0.15, 0.2) is 12.6 Å². The number of rotatable bonds is 44. The van der Waals surface area contributed by atoms with E-state index in [4.69, 9.17) is 28.4 Å². The van der Waals surface area contributed by atoms with E-state index in [0.29, 0.717) is 13.0 Å². The second-order valence-corrected chi connectivity index (χ2v) is 19.4. The Bertz CT molecular complexity index is 1530. The quantitative estimate of drug-likeness (QED) is 0.0172. The summed E-state index contributed by atoms with van der Waals surface area (Å²) in [4.78, 5) is 13.1. The molecule has 2 aliphatic heterocycles. The summed E-state index contributed by atoms with van der Waals surface area (Å²) in [5.74, 6) is -0.400. The Morgan fingerprint density at radius 2 is 0.890 bits per heavy atom. The molecule has 2 fully saturated rings. The smallest absolute Gasteiger partial charge is 0.306 e. The fourth-order valence-electron chi connectivity index (χ4n) is 8.35. The van der Waals surface area contributed by atoms with Crippen LogP contribution in [0.2, 0.25) is 0 Å². The SMILES string of the molecule is CC/C=C\C/C=C\C/C=C\C/C=C\C/C=C\C/C=C\CCCOCC(COC1OC(COC2OC(CO)C(O)C(O)C2O)C(O)C(O)C1O)OC(=O)CCCCCCCCCCC/C=C\CCCCCCCC. The van der Waals surface area contributed by atoms with Crippen molar-refractivity contribution < 1.29 is 69.0 Å². The zero-order chi connectivity index (χ0) is 53.0. The van der Waals surface area contributed by atoms with E-state index in [2.05, 4.69) is 98.9 Å². The van der Waals surface area contributed by atoms with Crippen LogP contribution >= 0.6 is 0 Å². The predicted octanol–water partition coefficient (Wildman–Crippen LogP) is 9.63. The van der Waals surface area contributed by atoms with Gasteiger partial charge in [0, 0.05) is 13.0 Å². The third-order valence-electron chi connectivity index (χ3n) is 12.9. The maximum atomic E-state index is 13.1. The van der Waals surface area contributed by atoms with Gasteiger partial charge in [-0.3, -0.25) is 4.79 Å². The van der Waals surface area contributed by atoms with E-state index in [9.17, 15) is 40.5 Å². The number of unbranched alkanes of at least 4 members (excludes halogenated alkanes) is 16. The topological polar surface area (TPSA) is 214 Å². The summed E-state index contributed by atoms with van der Waals surface area (Å²) in [6, 6.07) is 0. The van der Waals surface area contributed by atoms with E-state index in [1.165, 1.54) is 83.5 Å². The minimum absolute atomic E-state index is 0.0165. The maximum Gasteiger partial charge on any atom is 0.306 e. The molecule has 0 aromatic rings. The molecule has 11 atom stereocenters. The van der Waals surface area contributed by atoms with Crippen LogP contribution in [0.4, 0.5) is 0 Å². The minimum Gasteiger partial charge on any atom is -0.457 e. The van der Waals surface area contributed by atoms with Gasteiger partial charge >= 0.3 is 5.97 Å². The van der Waals surface area contributed by atoms with Crippen molar-refractivity contribution in [2.24, 2.45) is 0 Å². The normalized spacial score (nSPS) is 25.6. The first kappa shape index (κ1) is 66.3. The summed E-state index contributed by atoms with van der Waals surface area (Å²) in [6.45, 7) is 3.41. The fraction of sp³-hybridized carbons (Fsp3) is 0.746. The van der Waals surface area contributed by atoms with Gasteiger partial charge in [-0.2, -0.15) is 0 Å².